The van der Waals surface area contributed by atoms with Crippen molar-refractivity contribution in [2.24, 2.45) is 5.92 Å². The number of carboxylic acid groups (broad SMARTS) is 1. The molecule has 0 unspecified atom stereocenters. The Labute approximate surface area is 118 Å². The van der Waals surface area contributed by atoms with Gasteiger partial charge in [0.15, 0.2) is 0 Å². The molecule has 1 aliphatic heterocycles. The lowest BCUT2D eigenvalue weighted by Crippen LogP contribution is -2.43. The van der Waals surface area contributed by atoms with Gasteiger partial charge in [0.1, 0.15) is 5.69 Å². The van der Waals surface area contributed by atoms with E-state index in [1.165, 1.54) is 6.42 Å². The largest absolute Gasteiger partial charge is 0.481 e. The number of hydrogen-bond donors (Lipinski definition) is 1. The number of aliphatic carboxylic acids is 1. The Morgan fingerprint density at radius 3 is 2.65 bits per heavy atom. The molecule has 0 bridgehead atoms. The highest BCUT2D eigenvalue weighted by molar-refractivity contribution is 5.93. The van der Waals surface area contributed by atoms with Crippen LogP contribution in [0.1, 0.15) is 48.6 Å². The van der Waals surface area contributed by atoms with E-state index in [9.17, 15) is 9.59 Å². The number of likely N-dealkylation sites (tertiary alicyclic amines) is 1. The minimum absolute atomic E-state index is 0.0205. The minimum atomic E-state index is -0.795. The van der Waals surface area contributed by atoms with Gasteiger partial charge >= 0.3 is 5.97 Å². The topological polar surface area (TPSA) is 62.5 Å². The molecule has 108 valence electrons. The standard InChI is InChI=1S/C15H20N2O3/c18-14(16-8-2-4-11(10-16)15(19)20)13-7-3-9-17(13)12-5-1-6-12/h3,7,9,11-12H,1-2,4-6,8,10H2,(H,19,20)/t11-/m0/s1. The van der Waals surface area contributed by atoms with E-state index < -0.39 is 11.9 Å². The molecule has 1 saturated carbocycles. The van der Waals surface area contributed by atoms with Gasteiger partial charge in [0.25, 0.3) is 5.91 Å². The molecular weight excluding hydrogens is 256 g/mol. The molecule has 1 aliphatic carbocycles. The highest BCUT2D eigenvalue weighted by Gasteiger charge is 2.31. The molecule has 1 aromatic rings. The van der Waals surface area contributed by atoms with Gasteiger partial charge in [-0.05, 0) is 44.2 Å². The number of rotatable bonds is 3. The number of carbonyl (C=O) groups excluding carboxylic acids is 1. The number of carboxylic acids is 1. The van der Waals surface area contributed by atoms with E-state index in [1.54, 1.807) is 4.90 Å². The third kappa shape index (κ3) is 2.32. The van der Waals surface area contributed by atoms with Crippen molar-refractivity contribution in [1.29, 1.82) is 0 Å². The molecule has 3 rings (SSSR count). The molecule has 5 nitrogen and oxygen atoms in total. The van der Waals surface area contributed by atoms with Crippen molar-refractivity contribution in [3.8, 4) is 0 Å². The van der Waals surface area contributed by atoms with Crippen LogP contribution >= 0.6 is 0 Å². The van der Waals surface area contributed by atoms with Crippen LogP contribution in [0.15, 0.2) is 18.3 Å². The van der Waals surface area contributed by atoms with Crippen molar-refractivity contribution < 1.29 is 14.7 Å². The summed E-state index contributed by atoms with van der Waals surface area (Å²) in [5, 5.41) is 9.12. The molecule has 1 N–H and O–H groups in total. The van der Waals surface area contributed by atoms with Gasteiger partial charge in [-0.1, -0.05) is 0 Å². The number of piperidine rings is 1. The van der Waals surface area contributed by atoms with Crippen LogP contribution in [0.2, 0.25) is 0 Å². The first kappa shape index (κ1) is 13.2. The van der Waals surface area contributed by atoms with Crippen molar-refractivity contribution >= 4 is 11.9 Å². The first-order valence-electron chi connectivity index (χ1n) is 7.35. The van der Waals surface area contributed by atoms with Crippen LogP contribution in [0.4, 0.5) is 0 Å². The Morgan fingerprint density at radius 1 is 1.20 bits per heavy atom. The molecule has 1 atom stereocenters. The van der Waals surface area contributed by atoms with Gasteiger partial charge in [-0.3, -0.25) is 9.59 Å². The molecule has 5 heteroatoms. The van der Waals surface area contributed by atoms with Crippen LogP contribution in [0.3, 0.4) is 0 Å². The van der Waals surface area contributed by atoms with Crippen LogP contribution in [0.5, 0.6) is 0 Å². The highest BCUT2D eigenvalue weighted by atomic mass is 16.4. The van der Waals surface area contributed by atoms with Crippen molar-refractivity contribution in [3.63, 3.8) is 0 Å². The van der Waals surface area contributed by atoms with E-state index in [1.807, 2.05) is 18.3 Å². The number of nitrogens with zero attached hydrogens (tertiary/aromatic N) is 2. The van der Waals surface area contributed by atoms with Crippen LogP contribution in [-0.2, 0) is 4.79 Å². The van der Waals surface area contributed by atoms with Gasteiger partial charge in [-0.2, -0.15) is 0 Å². The van der Waals surface area contributed by atoms with Crippen LogP contribution in [-0.4, -0.2) is 39.5 Å². The number of amides is 1. The van der Waals surface area contributed by atoms with Gasteiger partial charge < -0.3 is 14.6 Å². The Bertz CT molecular complexity index is 519. The summed E-state index contributed by atoms with van der Waals surface area (Å²) in [5.74, 6) is -1.23. The van der Waals surface area contributed by atoms with E-state index in [4.69, 9.17) is 5.11 Å². The summed E-state index contributed by atoms with van der Waals surface area (Å²) in [7, 11) is 0. The SMILES string of the molecule is O=C(O)[C@H]1CCCN(C(=O)c2cccn2C2CCC2)C1. The molecule has 0 aromatic carbocycles. The maximum atomic E-state index is 12.6. The number of hydrogen-bond acceptors (Lipinski definition) is 2. The fourth-order valence-corrected chi connectivity index (χ4v) is 3.08. The summed E-state index contributed by atoms with van der Waals surface area (Å²) in [5.41, 5.74) is 0.709. The fourth-order valence-electron chi connectivity index (χ4n) is 3.08. The summed E-state index contributed by atoms with van der Waals surface area (Å²) in [6, 6.07) is 4.21. The summed E-state index contributed by atoms with van der Waals surface area (Å²) in [4.78, 5) is 25.4. The van der Waals surface area contributed by atoms with Crippen LogP contribution < -0.4 is 0 Å². The fraction of sp³-hybridized carbons (Fsp3) is 0.600. The van der Waals surface area contributed by atoms with Crippen molar-refractivity contribution in [1.82, 2.24) is 9.47 Å². The predicted molar refractivity (Wildman–Crippen MR) is 73.6 cm³/mol. The lowest BCUT2D eigenvalue weighted by Gasteiger charge is -2.33. The Balaban J connectivity index is 1.75. The summed E-state index contributed by atoms with van der Waals surface area (Å²) in [6.45, 7) is 1.00. The van der Waals surface area contributed by atoms with Gasteiger partial charge in [-0.25, -0.2) is 0 Å². The Morgan fingerprint density at radius 2 is 2.00 bits per heavy atom. The van der Waals surface area contributed by atoms with Gasteiger partial charge in [0.05, 0.1) is 5.92 Å². The maximum Gasteiger partial charge on any atom is 0.308 e. The van der Waals surface area contributed by atoms with E-state index in [-0.39, 0.29) is 5.91 Å². The van der Waals surface area contributed by atoms with Gasteiger partial charge in [0, 0.05) is 25.3 Å². The molecule has 20 heavy (non-hydrogen) atoms. The number of carbonyl (C=O) groups is 2. The molecule has 1 amide bonds. The second-order valence-corrected chi connectivity index (χ2v) is 5.81. The quantitative estimate of drug-likeness (QED) is 0.920. The zero-order valence-electron chi connectivity index (χ0n) is 11.5. The predicted octanol–water partition coefficient (Wildman–Crippen LogP) is 2.15. The van der Waals surface area contributed by atoms with E-state index in [0.29, 0.717) is 31.2 Å². The first-order chi connectivity index (χ1) is 9.66. The minimum Gasteiger partial charge on any atom is -0.481 e. The smallest absolute Gasteiger partial charge is 0.308 e. The molecule has 2 fully saturated rings. The summed E-state index contributed by atoms with van der Waals surface area (Å²) >= 11 is 0. The first-order valence-corrected chi connectivity index (χ1v) is 7.35. The highest BCUT2D eigenvalue weighted by Crippen LogP contribution is 2.33. The van der Waals surface area contributed by atoms with E-state index >= 15 is 0 Å². The summed E-state index contributed by atoms with van der Waals surface area (Å²) < 4.78 is 2.07. The molecule has 0 radical (unpaired) electrons. The molecular formula is C15H20N2O3. The normalized spacial score (nSPS) is 23.4. The lowest BCUT2D eigenvalue weighted by atomic mass is 9.92. The van der Waals surface area contributed by atoms with Crippen LogP contribution in [0.25, 0.3) is 0 Å². The third-order valence-corrected chi connectivity index (χ3v) is 4.52. The molecule has 2 heterocycles. The second-order valence-electron chi connectivity index (χ2n) is 5.81. The molecule has 0 spiro atoms. The Hall–Kier alpha value is -1.78. The lowest BCUT2D eigenvalue weighted by molar-refractivity contribution is -0.143. The van der Waals surface area contributed by atoms with Gasteiger partial charge in [0.2, 0.25) is 0 Å². The molecule has 2 aliphatic rings. The monoisotopic (exact) mass is 276 g/mol. The number of aromatic nitrogens is 1. The second kappa shape index (κ2) is 5.31. The van der Waals surface area contributed by atoms with Crippen molar-refractivity contribution in [2.45, 2.75) is 38.1 Å². The zero-order chi connectivity index (χ0) is 14.1. The molecule has 1 aromatic heterocycles. The maximum absolute atomic E-state index is 12.6. The van der Waals surface area contributed by atoms with E-state index in [2.05, 4.69) is 4.57 Å². The van der Waals surface area contributed by atoms with Crippen molar-refractivity contribution in [3.05, 3.63) is 24.0 Å². The third-order valence-electron chi connectivity index (χ3n) is 4.52. The summed E-state index contributed by atoms with van der Waals surface area (Å²) in [6.07, 6.45) is 6.89. The Kier molecular flexibility index (Phi) is 3.51. The average Bonchev–Trinajstić information content (AvgIpc) is 2.85. The zero-order valence-corrected chi connectivity index (χ0v) is 11.5. The van der Waals surface area contributed by atoms with E-state index in [0.717, 1.165) is 19.3 Å². The van der Waals surface area contributed by atoms with Crippen LogP contribution in [0, 0.1) is 5.92 Å². The van der Waals surface area contributed by atoms with Crippen molar-refractivity contribution in [2.75, 3.05) is 13.1 Å². The average molecular weight is 276 g/mol. The molecule has 1 saturated heterocycles. The van der Waals surface area contributed by atoms with Gasteiger partial charge in [-0.15, -0.1) is 0 Å².